The van der Waals surface area contributed by atoms with E-state index in [1.54, 1.807) is 24.3 Å². The molecule has 0 aliphatic heterocycles. The summed E-state index contributed by atoms with van der Waals surface area (Å²) in [5.74, 6) is -0.474. The number of nitrogen functional groups attached to an aromatic ring is 1. The summed E-state index contributed by atoms with van der Waals surface area (Å²) in [6, 6.07) is 14.1. The van der Waals surface area contributed by atoms with Crippen LogP contribution in [-0.2, 0) is 0 Å². The molecule has 0 atom stereocenters. The molecule has 0 unspecified atom stereocenters. The molecule has 4 rings (SSSR count). The number of hydrogen-bond acceptors (Lipinski definition) is 4. The maximum absolute atomic E-state index is 12.9. The molecule has 0 fully saturated rings. The van der Waals surface area contributed by atoms with Crippen molar-refractivity contribution in [3.63, 3.8) is 0 Å². The Morgan fingerprint density at radius 1 is 0.870 bits per heavy atom. The highest BCUT2D eigenvalue weighted by molar-refractivity contribution is 9.10. The van der Waals surface area contributed by atoms with Gasteiger partial charge in [0.2, 0.25) is 5.78 Å². The fourth-order valence-electron chi connectivity index (χ4n) is 2.89. The Morgan fingerprint density at radius 2 is 1.57 bits per heavy atom. The second kappa shape index (κ2) is 4.93. The Labute approximate surface area is 140 Å². The van der Waals surface area contributed by atoms with Crippen molar-refractivity contribution in [3.05, 3.63) is 75.5 Å². The fourth-order valence-corrected chi connectivity index (χ4v) is 3.29. The minimum Gasteiger partial charge on any atom is -0.436 e. The summed E-state index contributed by atoms with van der Waals surface area (Å²) in [5, 5.41) is 0. The minimum absolute atomic E-state index is 0.0150. The highest BCUT2D eigenvalue weighted by atomic mass is 79.9. The maximum Gasteiger partial charge on any atom is 0.229 e. The zero-order valence-electron chi connectivity index (χ0n) is 11.8. The molecular weight excluding hydrogens is 358 g/mol. The van der Waals surface area contributed by atoms with E-state index in [4.69, 9.17) is 10.2 Å². The summed E-state index contributed by atoms with van der Waals surface area (Å²) >= 11 is 3.40. The van der Waals surface area contributed by atoms with Gasteiger partial charge in [0.15, 0.2) is 17.4 Å². The highest BCUT2D eigenvalue weighted by Gasteiger charge is 2.37. The second-order valence-corrected chi connectivity index (χ2v) is 6.18. The van der Waals surface area contributed by atoms with Crippen LogP contribution < -0.4 is 5.73 Å². The number of anilines is 1. The van der Waals surface area contributed by atoms with Gasteiger partial charge in [0.1, 0.15) is 0 Å². The summed E-state index contributed by atoms with van der Waals surface area (Å²) in [6.07, 6.45) is 0. The van der Waals surface area contributed by atoms with Gasteiger partial charge >= 0.3 is 0 Å². The topological polar surface area (TPSA) is 73.3 Å². The molecular formula is C18H10BrNO3. The number of ketones is 2. The van der Waals surface area contributed by atoms with Crippen molar-refractivity contribution < 1.29 is 14.0 Å². The van der Waals surface area contributed by atoms with E-state index in [0.29, 0.717) is 16.7 Å². The van der Waals surface area contributed by atoms with Gasteiger partial charge in [-0.1, -0.05) is 52.3 Å². The number of carbonyl (C=O) groups excluding carboxylic acids is 2. The van der Waals surface area contributed by atoms with Gasteiger partial charge in [0.25, 0.3) is 0 Å². The average Bonchev–Trinajstić information content (AvgIpc) is 2.90. The van der Waals surface area contributed by atoms with E-state index in [-0.39, 0.29) is 28.8 Å². The first kappa shape index (κ1) is 14.0. The fraction of sp³-hybridized carbons (Fsp3) is 0. The summed E-state index contributed by atoms with van der Waals surface area (Å²) < 4.78 is 6.31. The van der Waals surface area contributed by atoms with Crippen LogP contribution >= 0.6 is 15.9 Å². The van der Waals surface area contributed by atoms with Gasteiger partial charge in [-0.2, -0.15) is 0 Å². The average molecular weight is 368 g/mol. The molecule has 1 aliphatic carbocycles. The van der Waals surface area contributed by atoms with Crippen LogP contribution in [0.2, 0.25) is 0 Å². The molecule has 0 bridgehead atoms. The Kier molecular flexibility index (Phi) is 2.99. The van der Waals surface area contributed by atoms with Crippen molar-refractivity contribution in [2.75, 3.05) is 5.73 Å². The summed E-state index contributed by atoms with van der Waals surface area (Å²) in [6.45, 7) is 0. The molecule has 0 amide bonds. The number of carbonyl (C=O) groups is 2. The van der Waals surface area contributed by atoms with Gasteiger partial charge in [0.05, 0.1) is 11.1 Å². The highest BCUT2D eigenvalue weighted by Crippen LogP contribution is 2.40. The van der Waals surface area contributed by atoms with Crippen LogP contribution in [0.3, 0.4) is 0 Å². The summed E-state index contributed by atoms with van der Waals surface area (Å²) in [7, 11) is 0. The van der Waals surface area contributed by atoms with Gasteiger partial charge < -0.3 is 10.2 Å². The van der Waals surface area contributed by atoms with E-state index in [1.165, 1.54) is 0 Å². The van der Waals surface area contributed by atoms with E-state index < -0.39 is 0 Å². The molecule has 2 aromatic carbocycles. The van der Waals surface area contributed by atoms with E-state index in [2.05, 4.69) is 15.9 Å². The number of nitrogens with two attached hydrogens (primary N) is 1. The number of hydrogen-bond donors (Lipinski definition) is 1. The summed E-state index contributed by atoms with van der Waals surface area (Å²) in [5.41, 5.74) is 8.13. The number of rotatable bonds is 1. The van der Waals surface area contributed by atoms with Crippen molar-refractivity contribution in [1.29, 1.82) is 0 Å². The lowest BCUT2D eigenvalue weighted by Crippen LogP contribution is -2.19. The molecule has 112 valence electrons. The second-order valence-electron chi connectivity index (χ2n) is 5.26. The predicted molar refractivity (Wildman–Crippen MR) is 89.6 cm³/mol. The van der Waals surface area contributed by atoms with Crippen molar-refractivity contribution in [1.82, 2.24) is 0 Å². The molecule has 3 aromatic rings. The van der Waals surface area contributed by atoms with E-state index in [1.807, 2.05) is 24.3 Å². The van der Waals surface area contributed by atoms with Crippen molar-refractivity contribution >= 4 is 33.4 Å². The van der Waals surface area contributed by atoms with Crippen molar-refractivity contribution in [2.24, 2.45) is 0 Å². The molecule has 1 aromatic heterocycles. The Bertz CT molecular complexity index is 988. The normalized spacial score (nSPS) is 12.9. The van der Waals surface area contributed by atoms with Crippen LogP contribution in [0.4, 0.5) is 5.88 Å². The first-order valence-corrected chi connectivity index (χ1v) is 7.74. The van der Waals surface area contributed by atoms with E-state index in [0.717, 1.165) is 10.0 Å². The maximum atomic E-state index is 12.9. The van der Waals surface area contributed by atoms with Crippen LogP contribution in [0, 0.1) is 0 Å². The monoisotopic (exact) mass is 367 g/mol. The van der Waals surface area contributed by atoms with Crippen LogP contribution in [0.25, 0.3) is 11.1 Å². The Hall–Kier alpha value is -2.66. The first-order valence-electron chi connectivity index (χ1n) is 6.94. The molecule has 1 aliphatic rings. The van der Waals surface area contributed by atoms with Gasteiger partial charge in [-0.3, -0.25) is 9.59 Å². The third-order valence-electron chi connectivity index (χ3n) is 3.90. The smallest absolute Gasteiger partial charge is 0.229 e. The summed E-state index contributed by atoms with van der Waals surface area (Å²) in [4.78, 5) is 25.5. The van der Waals surface area contributed by atoms with Gasteiger partial charge in [-0.25, -0.2) is 0 Å². The lowest BCUT2D eigenvalue weighted by molar-refractivity contribution is 0.0961. The zero-order chi connectivity index (χ0) is 16.1. The van der Waals surface area contributed by atoms with Gasteiger partial charge in [0, 0.05) is 15.6 Å². The predicted octanol–water partition coefficient (Wildman–Crippen LogP) is 4.07. The molecule has 1 heterocycles. The zero-order valence-corrected chi connectivity index (χ0v) is 13.4. The number of fused-ring (bicyclic) bond motifs is 2. The first-order chi connectivity index (χ1) is 11.1. The van der Waals surface area contributed by atoms with E-state index >= 15 is 0 Å². The van der Waals surface area contributed by atoms with Crippen LogP contribution in [0.1, 0.15) is 32.0 Å². The lowest BCUT2D eigenvalue weighted by Gasteiger charge is -2.13. The van der Waals surface area contributed by atoms with Gasteiger partial charge in [-0.05, 0) is 17.7 Å². The Morgan fingerprint density at radius 3 is 2.26 bits per heavy atom. The molecule has 5 heteroatoms. The SMILES string of the molecule is Nc1oc2c(c1-c1cccc(Br)c1)C(=O)c1ccccc1C2=O. The number of furan rings is 1. The van der Waals surface area contributed by atoms with Crippen molar-refractivity contribution in [3.8, 4) is 11.1 Å². The van der Waals surface area contributed by atoms with Gasteiger partial charge in [-0.15, -0.1) is 0 Å². The van der Waals surface area contributed by atoms with Crippen LogP contribution in [0.15, 0.2) is 57.4 Å². The molecule has 2 N–H and O–H groups in total. The molecule has 0 spiro atoms. The van der Waals surface area contributed by atoms with E-state index in [9.17, 15) is 9.59 Å². The largest absolute Gasteiger partial charge is 0.436 e. The molecule has 0 radical (unpaired) electrons. The van der Waals surface area contributed by atoms with Crippen molar-refractivity contribution in [2.45, 2.75) is 0 Å². The minimum atomic E-state index is -0.317. The lowest BCUT2D eigenvalue weighted by atomic mass is 9.85. The van der Waals surface area contributed by atoms with Crippen LogP contribution in [0.5, 0.6) is 0 Å². The molecule has 4 nitrogen and oxygen atoms in total. The number of benzene rings is 2. The third-order valence-corrected chi connectivity index (χ3v) is 4.39. The third kappa shape index (κ3) is 1.97. The Balaban J connectivity index is 2.02. The van der Waals surface area contributed by atoms with Crippen LogP contribution in [-0.4, -0.2) is 11.6 Å². The number of halogens is 1. The quantitative estimate of drug-likeness (QED) is 0.550. The molecule has 0 saturated carbocycles. The standard InChI is InChI=1S/C18H10BrNO3/c19-10-5-3-4-9(8-10)13-14-15(21)11-6-1-2-7-12(11)16(22)17(14)23-18(13)20/h1-8H,20H2. The molecule has 23 heavy (non-hydrogen) atoms. The molecule has 0 saturated heterocycles.